The molecule has 1 N–H and O–H groups in total. The molecule has 2 amide bonds. The molecule has 41 heavy (non-hydrogen) atoms. The monoisotopic (exact) mass is 588 g/mol. The van der Waals surface area contributed by atoms with Gasteiger partial charge in [-0.25, -0.2) is 4.98 Å². The van der Waals surface area contributed by atoms with Crippen LogP contribution >= 0.6 is 11.3 Å². The van der Waals surface area contributed by atoms with Gasteiger partial charge in [-0.1, -0.05) is 43.2 Å². The number of alkyl halides is 3. The van der Waals surface area contributed by atoms with Crippen molar-refractivity contribution in [3.8, 4) is 11.1 Å². The van der Waals surface area contributed by atoms with E-state index in [1.807, 2.05) is 30.3 Å². The lowest BCUT2D eigenvalue weighted by molar-refractivity contribution is -0.140. The average molecular weight is 589 g/mol. The van der Waals surface area contributed by atoms with Crippen molar-refractivity contribution < 1.29 is 27.9 Å². The van der Waals surface area contributed by atoms with Gasteiger partial charge in [0.25, 0.3) is 17.4 Å². The molecule has 12 heteroatoms. The molecule has 1 unspecified atom stereocenters. The largest absolute Gasteiger partial charge is 0.434 e. The number of likely N-dealkylation sites (tertiary alicyclic amines) is 1. The number of benzene rings is 1. The van der Waals surface area contributed by atoms with Crippen LogP contribution in [0.1, 0.15) is 58.0 Å². The zero-order chi connectivity index (χ0) is 29.6. The number of hydrogen-bond donors (Lipinski definition) is 1. The third-order valence-corrected chi connectivity index (χ3v) is 9.21. The van der Waals surface area contributed by atoms with E-state index in [2.05, 4.69) is 4.98 Å². The van der Waals surface area contributed by atoms with Crippen LogP contribution in [-0.2, 0) is 12.7 Å². The average Bonchev–Trinajstić information content (AvgIpc) is 3.62. The van der Waals surface area contributed by atoms with Crippen molar-refractivity contribution in [2.24, 2.45) is 5.41 Å². The molecule has 1 saturated heterocycles. The van der Waals surface area contributed by atoms with Crippen molar-refractivity contribution in [1.29, 1.82) is 0 Å². The highest BCUT2D eigenvalue weighted by Crippen LogP contribution is 2.52. The third-order valence-electron chi connectivity index (χ3n) is 8.38. The van der Waals surface area contributed by atoms with Crippen molar-refractivity contribution in [3.63, 3.8) is 0 Å². The number of carbonyl (C=O) groups excluding carboxylic acids is 2. The number of amides is 2. The van der Waals surface area contributed by atoms with Crippen LogP contribution in [-0.4, -0.2) is 69.1 Å². The molecule has 5 rings (SSSR count). The minimum Gasteiger partial charge on any atom is -0.387 e. The van der Waals surface area contributed by atoms with Crippen LogP contribution in [0.15, 0.2) is 52.8 Å². The molecule has 2 aliphatic rings. The summed E-state index contributed by atoms with van der Waals surface area (Å²) in [5.41, 5.74) is -2.07. The second-order valence-corrected chi connectivity index (χ2v) is 12.0. The van der Waals surface area contributed by atoms with E-state index in [0.717, 1.165) is 23.8 Å². The van der Waals surface area contributed by atoms with Crippen LogP contribution < -0.4 is 5.56 Å². The molecule has 1 atom stereocenters. The molecule has 1 saturated carbocycles. The van der Waals surface area contributed by atoms with Gasteiger partial charge in [-0.3, -0.25) is 14.4 Å². The number of thiazole rings is 1. The standard InChI is InChI=1S/C29H31F3N4O4S/c1-34(2)25(38)21-15-36(23(37)14-20(21)19-8-4-3-5-9-19)18-28(40)12-13-35(17-27(28)10-6-7-11-27)26(39)24-33-22(16-41-24)29(30,31)32/h3-5,8-9,14-16,40H,6-7,10-13,17-18H2,1-2H3. The Labute approximate surface area is 239 Å². The summed E-state index contributed by atoms with van der Waals surface area (Å²) in [5.74, 6) is -0.885. The van der Waals surface area contributed by atoms with Crippen LogP contribution in [0, 0.1) is 5.41 Å². The van der Waals surface area contributed by atoms with Crippen LogP contribution in [0.3, 0.4) is 0 Å². The fourth-order valence-electron chi connectivity index (χ4n) is 6.16. The summed E-state index contributed by atoms with van der Waals surface area (Å²) >= 11 is 0.653. The Morgan fingerprint density at radius 2 is 1.80 bits per heavy atom. The normalized spacial score (nSPS) is 20.4. The Bertz CT molecular complexity index is 1510. The van der Waals surface area contributed by atoms with E-state index in [0.29, 0.717) is 35.3 Å². The topological polar surface area (TPSA) is 95.7 Å². The van der Waals surface area contributed by atoms with Gasteiger partial charge in [-0.2, -0.15) is 13.2 Å². The van der Waals surface area contributed by atoms with E-state index in [1.54, 1.807) is 14.1 Å². The zero-order valence-electron chi connectivity index (χ0n) is 22.8. The number of aromatic nitrogens is 2. The molecular formula is C29H31F3N4O4S. The fourth-order valence-corrected chi connectivity index (χ4v) is 6.95. The molecule has 0 bridgehead atoms. The lowest BCUT2D eigenvalue weighted by Crippen LogP contribution is -2.62. The minimum atomic E-state index is -4.64. The molecule has 1 aliphatic carbocycles. The molecule has 3 heterocycles. The molecule has 1 spiro atoms. The number of rotatable bonds is 5. The van der Waals surface area contributed by atoms with E-state index in [4.69, 9.17) is 0 Å². The van der Waals surface area contributed by atoms with Gasteiger partial charge in [0.15, 0.2) is 10.7 Å². The minimum absolute atomic E-state index is 0.0773. The fraction of sp³-hybridized carbons (Fsp3) is 0.448. The van der Waals surface area contributed by atoms with Crippen molar-refractivity contribution in [3.05, 3.63) is 74.6 Å². The predicted molar refractivity (Wildman–Crippen MR) is 148 cm³/mol. The van der Waals surface area contributed by atoms with Gasteiger partial charge in [0.1, 0.15) is 0 Å². The number of halogens is 3. The first-order valence-electron chi connectivity index (χ1n) is 13.4. The first-order valence-corrected chi connectivity index (χ1v) is 14.3. The number of nitrogens with zero attached hydrogens (tertiary/aromatic N) is 4. The Morgan fingerprint density at radius 1 is 1.12 bits per heavy atom. The SMILES string of the molecule is CN(C)C(=O)c1cn(CC2(O)CCN(C(=O)c3nc(C(F)(F)F)cs3)CC23CCCC3)c(=O)cc1-c1ccccc1. The van der Waals surface area contributed by atoms with E-state index in [-0.39, 0.29) is 42.5 Å². The third kappa shape index (κ3) is 5.42. The first kappa shape index (κ1) is 29.0. The van der Waals surface area contributed by atoms with E-state index >= 15 is 0 Å². The Kier molecular flexibility index (Phi) is 7.58. The number of hydrogen-bond acceptors (Lipinski definition) is 6. The number of pyridine rings is 1. The second-order valence-electron chi connectivity index (χ2n) is 11.2. The van der Waals surface area contributed by atoms with Gasteiger partial charge in [0.05, 0.1) is 17.7 Å². The lowest BCUT2D eigenvalue weighted by Gasteiger charge is -2.52. The van der Waals surface area contributed by atoms with Gasteiger partial charge in [0, 0.05) is 55.8 Å². The summed E-state index contributed by atoms with van der Waals surface area (Å²) < 4.78 is 40.6. The van der Waals surface area contributed by atoms with Crippen LogP contribution in [0.2, 0.25) is 0 Å². The Morgan fingerprint density at radius 3 is 2.41 bits per heavy atom. The quantitative estimate of drug-likeness (QED) is 0.473. The van der Waals surface area contributed by atoms with Gasteiger partial charge in [-0.15, -0.1) is 11.3 Å². The summed E-state index contributed by atoms with van der Waals surface area (Å²) in [6.07, 6.45) is -0.198. The molecular weight excluding hydrogens is 557 g/mol. The second kappa shape index (κ2) is 10.7. The summed E-state index contributed by atoms with van der Waals surface area (Å²) in [4.78, 5) is 46.2. The molecule has 2 fully saturated rings. The highest BCUT2D eigenvalue weighted by atomic mass is 32.1. The first-order chi connectivity index (χ1) is 19.3. The molecule has 2 aromatic heterocycles. The van der Waals surface area contributed by atoms with Crippen molar-refractivity contribution in [1.82, 2.24) is 19.4 Å². The van der Waals surface area contributed by atoms with Gasteiger partial charge >= 0.3 is 6.18 Å². The van der Waals surface area contributed by atoms with Crippen LogP contribution in [0.5, 0.6) is 0 Å². The van der Waals surface area contributed by atoms with E-state index in [1.165, 1.54) is 26.6 Å². The summed E-state index contributed by atoms with van der Waals surface area (Å²) in [5, 5.41) is 12.7. The van der Waals surface area contributed by atoms with E-state index in [9.17, 15) is 32.7 Å². The number of piperidine rings is 1. The molecule has 3 aromatic rings. The lowest BCUT2D eigenvalue weighted by atomic mass is 9.65. The van der Waals surface area contributed by atoms with Crippen molar-refractivity contribution >= 4 is 23.2 Å². The Balaban J connectivity index is 1.46. The highest BCUT2D eigenvalue weighted by Gasteiger charge is 2.56. The summed E-state index contributed by atoms with van der Waals surface area (Å²) in [7, 11) is 3.25. The maximum Gasteiger partial charge on any atom is 0.434 e. The molecule has 218 valence electrons. The van der Waals surface area contributed by atoms with Crippen molar-refractivity contribution in [2.45, 2.75) is 50.4 Å². The summed E-state index contributed by atoms with van der Waals surface area (Å²) in [6, 6.07) is 10.5. The maximum absolute atomic E-state index is 13.4. The van der Waals surface area contributed by atoms with Crippen molar-refractivity contribution in [2.75, 3.05) is 27.2 Å². The molecule has 1 aromatic carbocycles. The van der Waals surface area contributed by atoms with Crippen LogP contribution in [0.4, 0.5) is 13.2 Å². The molecule has 8 nitrogen and oxygen atoms in total. The highest BCUT2D eigenvalue weighted by molar-refractivity contribution is 7.11. The number of aliphatic hydroxyl groups is 1. The van der Waals surface area contributed by atoms with Gasteiger partial charge in [-0.05, 0) is 24.8 Å². The van der Waals surface area contributed by atoms with Gasteiger partial charge in [0.2, 0.25) is 0 Å². The Hall–Kier alpha value is -3.51. The smallest absolute Gasteiger partial charge is 0.387 e. The predicted octanol–water partition coefficient (Wildman–Crippen LogP) is 4.53. The maximum atomic E-state index is 13.4. The summed E-state index contributed by atoms with van der Waals surface area (Å²) in [6.45, 7) is 0.161. The van der Waals surface area contributed by atoms with Crippen LogP contribution in [0.25, 0.3) is 11.1 Å². The van der Waals surface area contributed by atoms with Gasteiger partial charge < -0.3 is 19.5 Å². The molecule has 0 radical (unpaired) electrons. The number of carbonyl (C=O) groups is 2. The zero-order valence-corrected chi connectivity index (χ0v) is 23.6. The molecule has 1 aliphatic heterocycles. The van der Waals surface area contributed by atoms with E-state index < -0.39 is 28.8 Å².